The smallest absolute Gasteiger partial charge is 0.262 e. The molecular weight excluding hydrogens is 368 g/mol. The zero-order valence-corrected chi connectivity index (χ0v) is 14.0. The van der Waals surface area contributed by atoms with Crippen molar-refractivity contribution in [2.24, 2.45) is 0 Å². The number of carbonyl (C=O) groups is 1. The van der Waals surface area contributed by atoms with Gasteiger partial charge in [-0.15, -0.1) is 0 Å². The van der Waals surface area contributed by atoms with Crippen molar-refractivity contribution in [3.8, 4) is 0 Å². The minimum Gasteiger partial charge on any atom is -0.393 e. The van der Waals surface area contributed by atoms with Crippen LogP contribution in [0.15, 0.2) is 30.5 Å². The standard InChI is InChI=1S/C18H16F4N2O3/c19-12-4-3-10(13(20)14(12)21)8-24-16(26)18(22)6-5-17(27,9-25)15-11(18)2-1-7-23-15/h1-4,7,25,27H,5-6,8-9H2,(H,24,26)/t17-,18-/m0/s1. The molecule has 3 rings (SSSR count). The first-order valence-electron chi connectivity index (χ1n) is 8.12. The fourth-order valence-corrected chi connectivity index (χ4v) is 3.14. The molecule has 144 valence electrons. The highest BCUT2D eigenvalue weighted by Gasteiger charge is 2.51. The van der Waals surface area contributed by atoms with E-state index in [0.717, 1.165) is 6.07 Å². The molecule has 1 aliphatic rings. The molecule has 1 aliphatic carbocycles. The molecule has 0 aliphatic heterocycles. The van der Waals surface area contributed by atoms with E-state index < -0.39 is 54.2 Å². The average molecular weight is 384 g/mol. The monoisotopic (exact) mass is 384 g/mol. The molecule has 0 spiro atoms. The number of amides is 1. The van der Waals surface area contributed by atoms with Crippen LogP contribution in [0.5, 0.6) is 0 Å². The Bertz CT molecular complexity index is 895. The molecule has 0 fully saturated rings. The van der Waals surface area contributed by atoms with Gasteiger partial charge in [0.15, 0.2) is 17.5 Å². The molecule has 5 nitrogen and oxygen atoms in total. The van der Waals surface area contributed by atoms with E-state index in [1.54, 1.807) is 0 Å². The molecule has 1 aromatic heterocycles. The van der Waals surface area contributed by atoms with Gasteiger partial charge in [0.05, 0.1) is 12.3 Å². The van der Waals surface area contributed by atoms with Crippen molar-refractivity contribution in [3.63, 3.8) is 0 Å². The van der Waals surface area contributed by atoms with Crippen molar-refractivity contribution in [1.29, 1.82) is 0 Å². The largest absolute Gasteiger partial charge is 0.393 e. The summed E-state index contributed by atoms with van der Waals surface area (Å²) in [7, 11) is 0. The normalized spacial score (nSPS) is 24.4. The van der Waals surface area contributed by atoms with Gasteiger partial charge in [0.2, 0.25) is 5.67 Å². The van der Waals surface area contributed by atoms with Crippen LogP contribution in [0.1, 0.15) is 29.7 Å². The lowest BCUT2D eigenvalue weighted by molar-refractivity contribution is -0.138. The number of hydrogen-bond donors (Lipinski definition) is 3. The van der Waals surface area contributed by atoms with Crippen LogP contribution in [0.4, 0.5) is 17.6 Å². The predicted molar refractivity (Wildman–Crippen MR) is 85.4 cm³/mol. The summed E-state index contributed by atoms with van der Waals surface area (Å²) in [5.41, 5.74) is -5.08. The number of nitrogens with one attached hydrogen (secondary N) is 1. The summed E-state index contributed by atoms with van der Waals surface area (Å²) >= 11 is 0. The van der Waals surface area contributed by atoms with E-state index in [1.807, 2.05) is 0 Å². The number of hydrogen-bond acceptors (Lipinski definition) is 4. The van der Waals surface area contributed by atoms with Gasteiger partial charge in [-0.3, -0.25) is 9.78 Å². The topological polar surface area (TPSA) is 82.5 Å². The number of benzene rings is 1. The number of aromatic nitrogens is 1. The van der Waals surface area contributed by atoms with E-state index >= 15 is 4.39 Å². The van der Waals surface area contributed by atoms with Gasteiger partial charge in [0, 0.05) is 23.9 Å². The van der Waals surface area contributed by atoms with Gasteiger partial charge < -0.3 is 15.5 Å². The number of halogens is 4. The zero-order chi connectivity index (χ0) is 19.8. The summed E-state index contributed by atoms with van der Waals surface area (Å²) in [6, 6.07) is 4.28. The van der Waals surface area contributed by atoms with Crippen LogP contribution >= 0.6 is 0 Å². The number of pyridine rings is 1. The van der Waals surface area contributed by atoms with Crippen LogP contribution in [0.2, 0.25) is 0 Å². The number of fused-ring (bicyclic) bond motifs is 1. The summed E-state index contributed by atoms with van der Waals surface area (Å²) in [4.78, 5) is 16.4. The number of carbonyl (C=O) groups excluding carboxylic acids is 1. The van der Waals surface area contributed by atoms with Crippen molar-refractivity contribution in [2.75, 3.05) is 6.61 Å². The maximum Gasteiger partial charge on any atom is 0.262 e. The molecule has 0 radical (unpaired) electrons. The summed E-state index contributed by atoms with van der Waals surface area (Å²) in [5.74, 6) is -5.67. The second kappa shape index (κ2) is 6.90. The predicted octanol–water partition coefficient (Wildman–Crippen LogP) is 1.95. The molecule has 0 saturated carbocycles. The number of aliphatic hydroxyl groups excluding tert-OH is 1. The molecule has 9 heteroatoms. The van der Waals surface area contributed by atoms with E-state index in [-0.39, 0.29) is 23.2 Å². The maximum absolute atomic E-state index is 15.5. The summed E-state index contributed by atoms with van der Waals surface area (Å²) in [6.45, 7) is -1.26. The number of rotatable bonds is 4. The number of nitrogens with zero attached hydrogens (tertiary/aromatic N) is 1. The van der Waals surface area contributed by atoms with Gasteiger partial charge in [-0.25, -0.2) is 17.6 Å². The quantitative estimate of drug-likeness (QED) is 0.556. The third kappa shape index (κ3) is 3.17. The summed E-state index contributed by atoms with van der Waals surface area (Å²) in [6.07, 6.45) is 0.575. The van der Waals surface area contributed by atoms with Crippen molar-refractivity contribution in [3.05, 3.63) is 64.7 Å². The highest BCUT2D eigenvalue weighted by atomic mass is 19.2. The fraction of sp³-hybridized carbons (Fsp3) is 0.333. The van der Waals surface area contributed by atoms with E-state index in [0.29, 0.717) is 6.07 Å². The molecule has 1 heterocycles. The zero-order valence-electron chi connectivity index (χ0n) is 14.0. The molecule has 1 amide bonds. The molecular formula is C18H16F4N2O3. The Morgan fingerprint density at radius 3 is 2.63 bits per heavy atom. The Morgan fingerprint density at radius 2 is 1.93 bits per heavy atom. The molecule has 2 aromatic rings. The second-order valence-electron chi connectivity index (χ2n) is 6.41. The molecule has 1 aromatic carbocycles. The average Bonchev–Trinajstić information content (AvgIpc) is 2.68. The van der Waals surface area contributed by atoms with Crippen molar-refractivity contribution >= 4 is 5.91 Å². The van der Waals surface area contributed by atoms with Crippen LogP contribution in [0.3, 0.4) is 0 Å². The Kier molecular flexibility index (Phi) is 4.92. The second-order valence-corrected chi connectivity index (χ2v) is 6.41. The van der Waals surface area contributed by atoms with E-state index in [1.165, 1.54) is 18.3 Å². The molecule has 2 atom stereocenters. The molecule has 3 N–H and O–H groups in total. The SMILES string of the molecule is O=C(NCc1ccc(F)c(F)c1F)[C@]1(F)CC[C@](O)(CO)c2ncccc21. The number of aliphatic hydroxyl groups is 2. The molecule has 0 saturated heterocycles. The minimum absolute atomic E-state index is 0.157. The minimum atomic E-state index is -2.58. The lowest BCUT2D eigenvalue weighted by Crippen LogP contribution is -2.49. The van der Waals surface area contributed by atoms with Crippen molar-refractivity contribution in [2.45, 2.75) is 30.7 Å². The molecule has 0 unspecified atom stereocenters. The first-order valence-corrected chi connectivity index (χ1v) is 8.12. The van der Waals surface area contributed by atoms with Gasteiger partial charge in [-0.05, 0) is 25.0 Å². The third-order valence-electron chi connectivity index (χ3n) is 4.73. The Hall–Kier alpha value is -2.52. The molecule has 27 heavy (non-hydrogen) atoms. The summed E-state index contributed by atoms with van der Waals surface area (Å²) in [5, 5.41) is 22.0. The van der Waals surface area contributed by atoms with Gasteiger partial charge >= 0.3 is 0 Å². The van der Waals surface area contributed by atoms with Gasteiger partial charge in [-0.1, -0.05) is 12.1 Å². The Morgan fingerprint density at radius 1 is 1.19 bits per heavy atom. The van der Waals surface area contributed by atoms with Crippen LogP contribution in [-0.2, 0) is 22.6 Å². The third-order valence-corrected chi connectivity index (χ3v) is 4.73. The van der Waals surface area contributed by atoms with Crippen LogP contribution in [-0.4, -0.2) is 27.7 Å². The molecule has 0 bridgehead atoms. The first kappa shape index (κ1) is 19.2. The van der Waals surface area contributed by atoms with E-state index in [4.69, 9.17) is 0 Å². The lowest BCUT2D eigenvalue weighted by Gasteiger charge is -2.38. The van der Waals surface area contributed by atoms with E-state index in [9.17, 15) is 28.2 Å². The highest BCUT2D eigenvalue weighted by molar-refractivity contribution is 5.87. The van der Waals surface area contributed by atoms with E-state index in [2.05, 4.69) is 10.3 Å². The Balaban J connectivity index is 1.87. The maximum atomic E-state index is 15.5. The van der Waals surface area contributed by atoms with Crippen molar-refractivity contribution in [1.82, 2.24) is 10.3 Å². The van der Waals surface area contributed by atoms with Gasteiger partial charge in [0.1, 0.15) is 5.60 Å². The van der Waals surface area contributed by atoms with Gasteiger partial charge in [0.25, 0.3) is 5.91 Å². The fourth-order valence-electron chi connectivity index (χ4n) is 3.14. The van der Waals surface area contributed by atoms with Crippen LogP contribution in [0, 0.1) is 17.5 Å². The summed E-state index contributed by atoms with van der Waals surface area (Å²) < 4.78 is 55.5. The number of alkyl halides is 1. The van der Waals surface area contributed by atoms with Gasteiger partial charge in [-0.2, -0.15) is 0 Å². The Labute approximate surface area is 151 Å². The highest BCUT2D eigenvalue weighted by Crippen LogP contribution is 2.45. The van der Waals surface area contributed by atoms with Crippen LogP contribution in [0.25, 0.3) is 0 Å². The van der Waals surface area contributed by atoms with Crippen LogP contribution < -0.4 is 5.32 Å². The first-order chi connectivity index (χ1) is 12.7. The van der Waals surface area contributed by atoms with Crippen molar-refractivity contribution < 1.29 is 32.6 Å². The lowest BCUT2D eigenvalue weighted by atomic mass is 9.74.